The SMILES string of the molecule is Cc1nc(CNC(C)c2scnc2C)oc1C. The first kappa shape index (κ1) is 12.3. The zero-order valence-corrected chi connectivity index (χ0v) is 11.4. The molecular formula is C12H17N3OS. The lowest BCUT2D eigenvalue weighted by atomic mass is 10.2. The molecule has 1 atom stereocenters. The second-order valence-corrected chi connectivity index (χ2v) is 5.04. The standard InChI is InChI=1S/C12H17N3OS/c1-7-10(4)16-11(15-7)5-13-8(2)12-9(3)14-6-17-12/h6,8,13H,5H2,1-4H3. The molecule has 0 aliphatic carbocycles. The van der Waals surface area contributed by atoms with Crippen LogP contribution in [0.3, 0.4) is 0 Å². The van der Waals surface area contributed by atoms with Crippen LogP contribution in [0.4, 0.5) is 0 Å². The largest absolute Gasteiger partial charge is 0.444 e. The van der Waals surface area contributed by atoms with Gasteiger partial charge < -0.3 is 9.73 Å². The number of nitrogens with one attached hydrogen (secondary N) is 1. The third-order valence-corrected chi connectivity index (χ3v) is 3.92. The van der Waals surface area contributed by atoms with Crippen molar-refractivity contribution in [3.8, 4) is 0 Å². The van der Waals surface area contributed by atoms with Crippen molar-refractivity contribution in [3.05, 3.63) is 33.4 Å². The molecule has 2 heterocycles. The van der Waals surface area contributed by atoms with Gasteiger partial charge >= 0.3 is 0 Å². The summed E-state index contributed by atoms with van der Waals surface area (Å²) in [6, 6.07) is 0.273. The molecule has 0 aliphatic rings. The number of rotatable bonds is 4. The monoisotopic (exact) mass is 251 g/mol. The Kier molecular flexibility index (Phi) is 3.59. The van der Waals surface area contributed by atoms with E-state index in [1.54, 1.807) is 11.3 Å². The first-order valence-electron chi connectivity index (χ1n) is 5.64. The predicted octanol–water partition coefficient (Wildman–Crippen LogP) is 2.91. The normalized spacial score (nSPS) is 12.9. The minimum Gasteiger partial charge on any atom is -0.444 e. The van der Waals surface area contributed by atoms with Crippen LogP contribution in [-0.2, 0) is 6.54 Å². The number of aryl methyl sites for hydroxylation is 3. The van der Waals surface area contributed by atoms with Crippen LogP contribution in [0.2, 0.25) is 0 Å². The van der Waals surface area contributed by atoms with Gasteiger partial charge in [-0.15, -0.1) is 11.3 Å². The Bertz CT molecular complexity index is 484. The highest BCUT2D eigenvalue weighted by Gasteiger charge is 2.12. The van der Waals surface area contributed by atoms with Crippen LogP contribution < -0.4 is 5.32 Å². The fourth-order valence-corrected chi connectivity index (χ4v) is 2.51. The summed E-state index contributed by atoms with van der Waals surface area (Å²) in [5.41, 5.74) is 3.93. The molecule has 0 radical (unpaired) electrons. The van der Waals surface area contributed by atoms with E-state index in [2.05, 4.69) is 22.2 Å². The predicted molar refractivity (Wildman–Crippen MR) is 68.1 cm³/mol. The molecule has 0 aliphatic heterocycles. The van der Waals surface area contributed by atoms with Gasteiger partial charge in [0, 0.05) is 10.9 Å². The lowest BCUT2D eigenvalue weighted by Gasteiger charge is -2.10. The molecule has 92 valence electrons. The highest BCUT2D eigenvalue weighted by Crippen LogP contribution is 2.21. The van der Waals surface area contributed by atoms with E-state index in [0.29, 0.717) is 6.54 Å². The van der Waals surface area contributed by atoms with Gasteiger partial charge in [0.15, 0.2) is 0 Å². The van der Waals surface area contributed by atoms with Gasteiger partial charge in [-0.05, 0) is 27.7 Å². The summed E-state index contributed by atoms with van der Waals surface area (Å²) in [6.45, 7) is 8.70. The summed E-state index contributed by atoms with van der Waals surface area (Å²) in [4.78, 5) is 9.86. The van der Waals surface area contributed by atoms with E-state index in [1.807, 2.05) is 26.3 Å². The molecule has 4 nitrogen and oxygen atoms in total. The van der Waals surface area contributed by atoms with E-state index in [-0.39, 0.29) is 6.04 Å². The van der Waals surface area contributed by atoms with E-state index in [0.717, 1.165) is 23.0 Å². The van der Waals surface area contributed by atoms with Gasteiger partial charge in [0.25, 0.3) is 0 Å². The van der Waals surface area contributed by atoms with Crippen LogP contribution in [0.5, 0.6) is 0 Å². The molecule has 5 heteroatoms. The molecule has 0 fully saturated rings. The van der Waals surface area contributed by atoms with Gasteiger partial charge in [-0.3, -0.25) is 0 Å². The maximum atomic E-state index is 5.53. The van der Waals surface area contributed by atoms with Crippen molar-refractivity contribution in [1.29, 1.82) is 0 Å². The zero-order chi connectivity index (χ0) is 12.4. The fourth-order valence-electron chi connectivity index (χ4n) is 1.67. The average Bonchev–Trinajstić information content (AvgIpc) is 2.83. The number of nitrogens with zero attached hydrogens (tertiary/aromatic N) is 2. The average molecular weight is 251 g/mol. The van der Waals surface area contributed by atoms with Crippen LogP contribution in [-0.4, -0.2) is 9.97 Å². The highest BCUT2D eigenvalue weighted by molar-refractivity contribution is 7.09. The smallest absolute Gasteiger partial charge is 0.208 e. The van der Waals surface area contributed by atoms with Gasteiger partial charge in [0.1, 0.15) is 5.76 Å². The quantitative estimate of drug-likeness (QED) is 0.907. The minimum absolute atomic E-state index is 0.273. The van der Waals surface area contributed by atoms with Crippen LogP contribution >= 0.6 is 11.3 Å². The third kappa shape index (κ3) is 2.73. The van der Waals surface area contributed by atoms with Crippen molar-refractivity contribution < 1.29 is 4.42 Å². The van der Waals surface area contributed by atoms with Crippen molar-refractivity contribution in [2.75, 3.05) is 0 Å². The number of hydrogen-bond donors (Lipinski definition) is 1. The molecule has 17 heavy (non-hydrogen) atoms. The van der Waals surface area contributed by atoms with Gasteiger partial charge in [0.05, 0.1) is 23.4 Å². The highest BCUT2D eigenvalue weighted by atomic mass is 32.1. The summed E-state index contributed by atoms with van der Waals surface area (Å²) in [5, 5.41) is 3.40. The van der Waals surface area contributed by atoms with Crippen molar-refractivity contribution in [1.82, 2.24) is 15.3 Å². The summed E-state index contributed by atoms with van der Waals surface area (Å²) in [7, 11) is 0. The molecule has 1 unspecified atom stereocenters. The second-order valence-electron chi connectivity index (χ2n) is 4.15. The van der Waals surface area contributed by atoms with Gasteiger partial charge in [-0.2, -0.15) is 0 Å². The maximum Gasteiger partial charge on any atom is 0.208 e. The van der Waals surface area contributed by atoms with Gasteiger partial charge in [-0.1, -0.05) is 0 Å². The number of aromatic nitrogens is 2. The fraction of sp³-hybridized carbons (Fsp3) is 0.500. The Morgan fingerprint density at radius 2 is 2.12 bits per heavy atom. The van der Waals surface area contributed by atoms with Gasteiger partial charge in [-0.25, -0.2) is 9.97 Å². The first-order chi connectivity index (χ1) is 8.08. The topological polar surface area (TPSA) is 51.0 Å². The van der Waals surface area contributed by atoms with Crippen molar-refractivity contribution in [2.45, 2.75) is 40.3 Å². The summed E-state index contributed by atoms with van der Waals surface area (Å²) in [6.07, 6.45) is 0. The van der Waals surface area contributed by atoms with Crippen molar-refractivity contribution in [2.24, 2.45) is 0 Å². The molecule has 0 bridgehead atoms. The number of hydrogen-bond acceptors (Lipinski definition) is 5. The van der Waals surface area contributed by atoms with Crippen LogP contribution in [0.1, 0.15) is 40.9 Å². The molecule has 0 spiro atoms. The Morgan fingerprint density at radius 3 is 2.65 bits per heavy atom. The van der Waals surface area contributed by atoms with E-state index in [9.17, 15) is 0 Å². The summed E-state index contributed by atoms with van der Waals surface area (Å²) < 4.78 is 5.53. The van der Waals surface area contributed by atoms with Gasteiger partial charge in [0.2, 0.25) is 5.89 Å². The lowest BCUT2D eigenvalue weighted by Crippen LogP contribution is -2.18. The Morgan fingerprint density at radius 1 is 1.35 bits per heavy atom. The van der Waals surface area contributed by atoms with E-state index in [1.165, 1.54) is 4.88 Å². The molecule has 2 aromatic heterocycles. The summed E-state index contributed by atoms with van der Waals surface area (Å²) >= 11 is 1.68. The Hall–Kier alpha value is -1.20. The molecule has 0 saturated carbocycles. The Balaban J connectivity index is 1.97. The molecule has 2 aromatic rings. The lowest BCUT2D eigenvalue weighted by molar-refractivity contribution is 0.433. The number of thiazole rings is 1. The van der Waals surface area contributed by atoms with E-state index < -0.39 is 0 Å². The zero-order valence-electron chi connectivity index (χ0n) is 10.6. The Labute approximate surface area is 105 Å². The minimum atomic E-state index is 0.273. The van der Waals surface area contributed by atoms with Crippen LogP contribution in [0.25, 0.3) is 0 Å². The number of oxazole rings is 1. The summed E-state index contributed by atoms with van der Waals surface area (Å²) in [5.74, 6) is 1.64. The van der Waals surface area contributed by atoms with Crippen LogP contribution in [0.15, 0.2) is 9.93 Å². The molecule has 0 aromatic carbocycles. The van der Waals surface area contributed by atoms with Crippen LogP contribution in [0, 0.1) is 20.8 Å². The third-order valence-electron chi connectivity index (χ3n) is 2.81. The molecule has 2 rings (SSSR count). The van der Waals surface area contributed by atoms with Crippen molar-refractivity contribution in [3.63, 3.8) is 0 Å². The maximum absolute atomic E-state index is 5.53. The molecular weight excluding hydrogens is 234 g/mol. The van der Waals surface area contributed by atoms with E-state index in [4.69, 9.17) is 4.42 Å². The first-order valence-corrected chi connectivity index (χ1v) is 6.52. The van der Waals surface area contributed by atoms with Crippen molar-refractivity contribution >= 4 is 11.3 Å². The molecule has 1 N–H and O–H groups in total. The molecule has 0 amide bonds. The second kappa shape index (κ2) is 4.98. The van der Waals surface area contributed by atoms with E-state index >= 15 is 0 Å². The molecule has 0 saturated heterocycles.